The molecular weight excluding hydrogens is 248 g/mol. The summed E-state index contributed by atoms with van der Waals surface area (Å²) in [6, 6.07) is 3.77. The van der Waals surface area contributed by atoms with Gasteiger partial charge < -0.3 is 10.6 Å². The van der Waals surface area contributed by atoms with Crippen molar-refractivity contribution in [3.8, 4) is 0 Å². The van der Waals surface area contributed by atoms with Crippen LogP contribution in [0.5, 0.6) is 0 Å². The van der Waals surface area contributed by atoms with Gasteiger partial charge in [0.2, 0.25) is 0 Å². The smallest absolute Gasteiger partial charge is 0.191 e. The lowest BCUT2D eigenvalue weighted by Gasteiger charge is -2.27. The lowest BCUT2D eigenvalue weighted by Crippen LogP contribution is -2.41. The Labute approximate surface area is 113 Å². The van der Waals surface area contributed by atoms with Crippen molar-refractivity contribution in [1.29, 1.82) is 0 Å². The van der Waals surface area contributed by atoms with Crippen LogP contribution < -0.4 is 5.73 Å². The Bertz CT molecular complexity index is 396. The van der Waals surface area contributed by atoms with E-state index in [0.29, 0.717) is 17.7 Å². The summed E-state index contributed by atoms with van der Waals surface area (Å²) >= 11 is 5.73. The Hall–Kier alpha value is -1.29. The van der Waals surface area contributed by atoms with E-state index in [9.17, 15) is 0 Å². The van der Waals surface area contributed by atoms with Crippen LogP contribution in [-0.2, 0) is 6.42 Å². The third kappa shape index (κ3) is 3.88. The standard InChI is InChI=1S/C13H19ClN4/c14-12-5-4-11(10-17-12)6-7-16-13(15)18-8-2-1-3-9-18/h4-5,10H,1-3,6-9H2,(H2,15,16). The summed E-state index contributed by atoms with van der Waals surface area (Å²) in [5.74, 6) is 0.677. The van der Waals surface area contributed by atoms with Crippen molar-refractivity contribution in [3.05, 3.63) is 29.0 Å². The van der Waals surface area contributed by atoms with Gasteiger partial charge in [0, 0.05) is 25.8 Å². The minimum Gasteiger partial charge on any atom is -0.370 e. The fourth-order valence-electron chi connectivity index (χ4n) is 2.08. The summed E-state index contributed by atoms with van der Waals surface area (Å²) in [5.41, 5.74) is 7.11. The molecule has 1 saturated heterocycles. The first-order chi connectivity index (χ1) is 8.75. The minimum atomic E-state index is 0.523. The monoisotopic (exact) mass is 266 g/mol. The van der Waals surface area contributed by atoms with E-state index < -0.39 is 0 Å². The normalized spacial score (nSPS) is 16.9. The van der Waals surface area contributed by atoms with Gasteiger partial charge in [0.25, 0.3) is 0 Å². The topological polar surface area (TPSA) is 54.5 Å². The summed E-state index contributed by atoms with van der Waals surface area (Å²) in [4.78, 5) is 10.6. The largest absolute Gasteiger partial charge is 0.370 e. The zero-order valence-corrected chi connectivity index (χ0v) is 11.2. The first-order valence-corrected chi connectivity index (χ1v) is 6.79. The van der Waals surface area contributed by atoms with Gasteiger partial charge in [-0.05, 0) is 37.3 Å². The van der Waals surface area contributed by atoms with Gasteiger partial charge in [-0.2, -0.15) is 0 Å². The number of aromatic nitrogens is 1. The molecule has 98 valence electrons. The van der Waals surface area contributed by atoms with Crippen LogP contribution in [0.3, 0.4) is 0 Å². The van der Waals surface area contributed by atoms with Gasteiger partial charge in [-0.25, -0.2) is 4.98 Å². The zero-order chi connectivity index (χ0) is 12.8. The zero-order valence-electron chi connectivity index (χ0n) is 10.5. The molecule has 4 nitrogen and oxygen atoms in total. The van der Waals surface area contributed by atoms with Crippen molar-refractivity contribution in [2.45, 2.75) is 25.7 Å². The molecule has 2 N–H and O–H groups in total. The highest BCUT2D eigenvalue weighted by Crippen LogP contribution is 2.08. The Morgan fingerprint density at radius 2 is 2.11 bits per heavy atom. The minimum absolute atomic E-state index is 0.523. The number of rotatable bonds is 3. The predicted molar refractivity (Wildman–Crippen MR) is 74.9 cm³/mol. The van der Waals surface area contributed by atoms with E-state index in [-0.39, 0.29) is 0 Å². The van der Waals surface area contributed by atoms with Crippen LogP contribution >= 0.6 is 11.6 Å². The maximum atomic E-state index is 5.98. The van der Waals surface area contributed by atoms with Crippen molar-refractivity contribution in [2.24, 2.45) is 10.7 Å². The molecule has 0 unspecified atom stereocenters. The van der Waals surface area contributed by atoms with Gasteiger partial charge >= 0.3 is 0 Å². The van der Waals surface area contributed by atoms with Gasteiger partial charge in [-0.15, -0.1) is 0 Å². The summed E-state index contributed by atoms with van der Waals surface area (Å²) in [6.07, 6.45) is 6.38. The summed E-state index contributed by atoms with van der Waals surface area (Å²) in [5, 5.41) is 0.523. The number of pyridine rings is 1. The van der Waals surface area contributed by atoms with Crippen molar-refractivity contribution in [2.75, 3.05) is 19.6 Å². The fraction of sp³-hybridized carbons (Fsp3) is 0.538. The van der Waals surface area contributed by atoms with Crippen molar-refractivity contribution < 1.29 is 0 Å². The average Bonchev–Trinajstić information content (AvgIpc) is 2.42. The van der Waals surface area contributed by atoms with Crippen molar-refractivity contribution in [1.82, 2.24) is 9.88 Å². The third-order valence-corrected chi connectivity index (χ3v) is 3.37. The SMILES string of the molecule is NC(=NCCc1ccc(Cl)nc1)N1CCCCC1. The van der Waals surface area contributed by atoms with E-state index in [1.54, 1.807) is 12.3 Å². The Balaban J connectivity index is 1.81. The molecule has 1 aliphatic rings. The van der Waals surface area contributed by atoms with E-state index in [1.807, 2.05) is 6.07 Å². The van der Waals surface area contributed by atoms with E-state index in [1.165, 1.54) is 19.3 Å². The van der Waals surface area contributed by atoms with Gasteiger partial charge in [-0.1, -0.05) is 17.7 Å². The van der Waals surface area contributed by atoms with Crippen LogP contribution in [0.4, 0.5) is 0 Å². The van der Waals surface area contributed by atoms with Gasteiger partial charge in [-0.3, -0.25) is 4.99 Å². The fourth-order valence-corrected chi connectivity index (χ4v) is 2.19. The molecule has 0 saturated carbocycles. The molecule has 0 atom stereocenters. The molecule has 5 heteroatoms. The number of nitrogens with two attached hydrogens (primary N) is 1. The average molecular weight is 267 g/mol. The highest BCUT2D eigenvalue weighted by molar-refractivity contribution is 6.29. The highest BCUT2D eigenvalue weighted by Gasteiger charge is 2.11. The van der Waals surface area contributed by atoms with Crippen LogP contribution in [0.25, 0.3) is 0 Å². The molecule has 2 heterocycles. The molecule has 1 aromatic rings. The quantitative estimate of drug-likeness (QED) is 0.518. The molecule has 0 bridgehead atoms. The maximum absolute atomic E-state index is 5.98. The molecule has 1 aromatic heterocycles. The number of guanidine groups is 1. The number of nitrogens with zero attached hydrogens (tertiary/aromatic N) is 3. The second-order valence-electron chi connectivity index (χ2n) is 4.53. The maximum Gasteiger partial charge on any atom is 0.191 e. The van der Waals surface area contributed by atoms with Crippen LogP contribution in [0.1, 0.15) is 24.8 Å². The second-order valence-corrected chi connectivity index (χ2v) is 4.91. The van der Waals surface area contributed by atoms with Crippen molar-refractivity contribution >= 4 is 17.6 Å². The van der Waals surface area contributed by atoms with Gasteiger partial charge in [0.1, 0.15) is 5.15 Å². The third-order valence-electron chi connectivity index (χ3n) is 3.14. The number of piperidine rings is 1. The lowest BCUT2D eigenvalue weighted by atomic mass is 10.1. The second kappa shape index (κ2) is 6.59. The molecule has 0 amide bonds. The Morgan fingerprint density at radius 3 is 2.78 bits per heavy atom. The number of likely N-dealkylation sites (tertiary alicyclic amines) is 1. The Kier molecular flexibility index (Phi) is 4.81. The van der Waals surface area contributed by atoms with Crippen molar-refractivity contribution in [3.63, 3.8) is 0 Å². The molecule has 18 heavy (non-hydrogen) atoms. The van der Waals surface area contributed by atoms with Gasteiger partial charge in [0.05, 0.1) is 0 Å². The number of hydrogen-bond donors (Lipinski definition) is 1. The van der Waals surface area contributed by atoms with Crippen LogP contribution in [0.15, 0.2) is 23.3 Å². The van der Waals surface area contributed by atoms with E-state index >= 15 is 0 Å². The number of halogens is 1. The first-order valence-electron chi connectivity index (χ1n) is 6.41. The van der Waals surface area contributed by atoms with Crippen LogP contribution in [0.2, 0.25) is 5.15 Å². The van der Waals surface area contributed by atoms with E-state index in [0.717, 1.165) is 25.1 Å². The first kappa shape index (κ1) is 13.1. The molecule has 2 rings (SSSR count). The Morgan fingerprint density at radius 1 is 1.33 bits per heavy atom. The molecule has 0 aromatic carbocycles. The molecular formula is C13H19ClN4. The molecule has 0 spiro atoms. The van der Waals surface area contributed by atoms with Crippen LogP contribution in [-0.4, -0.2) is 35.5 Å². The van der Waals surface area contributed by atoms with Crippen LogP contribution in [0, 0.1) is 0 Å². The molecule has 0 radical (unpaired) electrons. The number of aliphatic imine (C=N–C) groups is 1. The summed E-state index contributed by atoms with van der Waals surface area (Å²) < 4.78 is 0. The molecule has 0 aliphatic carbocycles. The molecule has 1 aliphatic heterocycles. The highest BCUT2D eigenvalue weighted by atomic mass is 35.5. The predicted octanol–water partition coefficient (Wildman–Crippen LogP) is 2.08. The summed E-state index contributed by atoms with van der Waals surface area (Å²) in [6.45, 7) is 2.78. The summed E-state index contributed by atoms with van der Waals surface area (Å²) in [7, 11) is 0. The lowest BCUT2D eigenvalue weighted by molar-refractivity contribution is 0.338. The number of hydrogen-bond acceptors (Lipinski definition) is 2. The van der Waals surface area contributed by atoms with Gasteiger partial charge in [0.15, 0.2) is 5.96 Å². The van der Waals surface area contributed by atoms with E-state index in [2.05, 4.69) is 14.9 Å². The van der Waals surface area contributed by atoms with E-state index in [4.69, 9.17) is 17.3 Å². The molecule has 1 fully saturated rings.